The largest absolute Gasteiger partial charge is 0.323 e. The van der Waals surface area contributed by atoms with Crippen LogP contribution < -0.4 is 11.2 Å². The van der Waals surface area contributed by atoms with E-state index < -0.39 is 0 Å². The van der Waals surface area contributed by atoms with E-state index >= 15 is 0 Å². The number of thiophene rings is 1. The fraction of sp³-hybridized carbons (Fsp3) is 0.167. The summed E-state index contributed by atoms with van der Waals surface area (Å²) < 4.78 is 0. The lowest BCUT2D eigenvalue weighted by atomic mass is 9.92. The van der Waals surface area contributed by atoms with Crippen molar-refractivity contribution in [3.63, 3.8) is 0 Å². The molecule has 2 heterocycles. The number of pyridine rings is 1. The maximum absolute atomic E-state index is 12.8. The van der Waals surface area contributed by atoms with Gasteiger partial charge in [-0.1, -0.05) is 29.8 Å². The first kappa shape index (κ1) is 18.7. The van der Waals surface area contributed by atoms with Crippen molar-refractivity contribution in [2.24, 2.45) is 11.8 Å². The van der Waals surface area contributed by atoms with E-state index in [-0.39, 0.29) is 11.7 Å². The standard InChI is InChI=1S/C18H17ClN4OS2/c19-13-6-4-12(5-7-13)16(24)15-8-10-26-17(15)22-18(25)23(20)11-14-3-1-2-9-21-14/h1-4,6-10,12H,5,11,20H2,(H,22,25). The highest BCUT2D eigenvalue weighted by Gasteiger charge is 2.23. The smallest absolute Gasteiger partial charge is 0.188 e. The second kappa shape index (κ2) is 8.55. The van der Waals surface area contributed by atoms with Crippen LogP contribution in [0.25, 0.3) is 0 Å². The lowest BCUT2D eigenvalue weighted by molar-refractivity contribution is 0.0946. The zero-order valence-electron chi connectivity index (χ0n) is 13.8. The number of Topliss-reactive ketones (excluding diaryl/α,β-unsaturated/α-hetero) is 1. The molecule has 1 unspecified atom stereocenters. The second-order valence-corrected chi connectivity index (χ2v) is 7.44. The van der Waals surface area contributed by atoms with Crippen molar-refractivity contribution in [2.75, 3.05) is 5.32 Å². The van der Waals surface area contributed by atoms with Gasteiger partial charge in [0.15, 0.2) is 10.9 Å². The minimum absolute atomic E-state index is 0.0292. The Bertz CT molecular complexity index is 863. The molecule has 26 heavy (non-hydrogen) atoms. The number of ketones is 1. The van der Waals surface area contributed by atoms with Gasteiger partial charge in [-0.05, 0) is 48.3 Å². The number of hydrazine groups is 1. The number of rotatable bonds is 5. The van der Waals surface area contributed by atoms with Crippen LogP contribution in [0.15, 0.2) is 59.1 Å². The Morgan fingerprint density at radius 3 is 3.00 bits per heavy atom. The first-order valence-electron chi connectivity index (χ1n) is 7.93. The summed E-state index contributed by atoms with van der Waals surface area (Å²) in [5.41, 5.74) is 1.40. The molecule has 0 saturated heterocycles. The van der Waals surface area contributed by atoms with E-state index in [1.165, 1.54) is 16.3 Å². The lowest BCUT2D eigenvalue weighted by Crippen LogP contribution is -2.40. The monoisotopic (exact) mass is 404 g/mol. The number of halogens is 1. The van der Waals surface area contributed by atoms with Crippen molar-refractivity contribution in [1.29, 1.82) is 0 Å². The molecular weight excluding hydrogens is 388 g/mol. The molecule has 3 N–H and O–H groups in total. The van der Waals surface area contributed by atoms with Gasteiger partial charge in [-0.2, -0.15) is 0 Å². The Morgan fingerprint density at radius 1 is 1.46 bits per heavy atom. The third-order valence-electron chi connectivity index (χ3n) is 3.86. The number of carbonyl (C=O) groups excluding carboxylic acids is 1. The minimum atomic E-state index is -0.219. The summed E-state index contributed by atoms with van der Waals surface area (Å²) in [6.07, 6.45) is 7.74. The van der Waals surface area contributed by atoms with Crippen molar-refractivity contribution in [2.45, 2.75) is 13.0 Å². The Morgan fingerprint density at radius 2 is 2.31 bits per heavy atom. The molecule has 5 nitrogen and oxygen atoms in total. The molecule has 2 aromatic heterocycles. The Labute approximate surface area is 166 Å². The van der Waals surface area contributed by atoms with E-state index in [9.17, 15) is 4.79 Å². The zero-order valence-corrected chi connectivity index (χ0v) is 16.2. The normalized spacial score (nSPS) is 16.1. The summed E-state index contributed by atoms with van der Waals surface area (Å²) in [4.78, 5) is 17.0. The van der Waals surface area contributed by atoms with Crippen molar-refractivity contribution in [1.82, 2.24) is 9.99 Å². The highest BCUT2D eigenvalue weighted by molar-refractivity contribution is 7.80. The first-order valence-corrected chi connectivity index (χ1v) is 9.60. The molecular formula is C18H17ClN4OS2. The third-order valence-corrected chi connectivity index (χ3v) is 5.31. The predicted molar refractivity (Wildman–Crippen MR) is 110 cm³/mol. The molecule has 0 radical (unpaired) electrons. The van der Waals surface area contributed by atoms with Crippen LogP contribution >= 0.6 is 35.2 Å². The predicted octanol–water partition coefficient (Wildman–Crippen LogP) is 4.10. The van der Waals surface area contributed by atoms with Gasteiger partial charge in [0.1, 0.15) is 5.00 Å². The van der Waals surface area contributed by atoms with Gasteiger partial charge in [-0.25, -0.2) is 5.84 Å². The third kappa shape index (κ3) is 4.56. The Balaban J connectivity index is 1.66. The quantitative estimate of drug-likeness (QED) is 0.338. The highest BCUT2D eigenvalue weighted by Crippen LogP contribution is 2.29. The van der Waals surface area contributed by atoms with Crippen molar-refractivity contribution < 1.29 is 4.79 Å². The van der Waals surface area contributed by atoms with Gasteiger partial charge < -0.3 is 5.32 Å². The molecule has 2 aromatic rings. The molecule has 0 aliphatic heterocycles. The van der Waals surface area contributed by atoms with Gasteiger partial charge in [-0.3, -0.25) is 14.8 Å². The minimum Gasteiger partial charge on any atom is -0.323 e. The number of anilines is 1. The number of nitrogens with one attached hydrogen (secondary N) is 1. The summed E-state index contributed by atoms with van der Waals surface area (Å²) in [6.45, 7) is 0.371. The van der Waals surface area contributed by atoms with E-state index in [1.807, 2.05) is 35.7 Å². The number of nitrogens with two attached hydrogens (primary N) is 1. The SMILES string of the molecule is NN(Cc1ccccn1)C(=S)Nc1sccc1C(=O)C1C=CC(Cl)=CC1. The van der Waals surface area contributed by atoms with Crippen molar-refractivity contribution in [3.8, 4) is 0 Å². The molecule has 1 atom stereocenters. The highest BCUT2D eigenvalue weighted by atomic mass is 35.5. The molecule has 0 aromatic carbocycles. The molecule has 0 spiro atoms. The van der Waals surface area contributed by atoms with Crippen LogP contribution in [0.4, 0.5) is 5.00 Å². The Kier molecular flexibility index (Phi) is 6.16. The van der Waals surface area contributed by atoms with E-state index in [4.69, 9.17) is 29.7 Å². The van der Waals surface area contributed by atoms with E-state index in [0.717, 1.165) is 5.69 Å². The number of nitrogens with zero attached hydrogens (tertiary/aromatic N) is 2. The van der Waals surface area contributed by atoms with Gasteiger partial charge in [0.25, 0.3) is 0 Å². The number of thiocarbonyl (C=S) groups is 1. The van der Waals surface area contributed by atoms with Crippen LogP contribution in [0, 0.1) is 5.92 Å². The average molecular weight is 405 g/mol. The molecule has 1 aliphatic carbocycles. The number of carbonyl (C=O) groups is 1. The topological polar surface area (TPSA) is 71.2 Å². The van der Waals surface area contributed by atoms with Gasteiger partial charge in [0.2, 0.25) is 0 Å². The number of hydrogen-bond acceptors (Lipinski definition) is 5. The van der Waals surface area contributed by atoms with E-state index in [2.05, 4.69) is 10.3 Å². The average Bonchev–Trinajstić information content (AvgIpc) is 3.10. The second-order valence-electron chi connectivity index (χ2n) is 5.70. The molecule has 0 amide bonds. The van der Waals surface area contributed by atoms with Crippen LogP contribution in [0.1, 0.15) is 22.5 Å². The van der Waals surface area contributed by atoms with Gasteiger partial charge in [0, 0.05) is 17.1 Å². The molecule has 3 rings (SSSR count). The van der Waals surface area contributed by atoms with Crippen LogP contribution in [-0.2, 0) is 6.54 Å². The van der Waals surface area contributed by atoms with Crippen molar-refractivity contribution >= 4 is 51.1 Å². The van der Waals surface area contributed by atoms with Crippen LogP contribution in [-0.4, -0.2) is 20.9 Å². The fourth-order valence-corrected chi connectivity index (χ4v) is 3.68. The van der Waals surface area contributed by atoms with Gasteiger partial charge >= 0.3 is 0 Å². The van der Waals surface area contributed by atoms with Gasteiger partial charge in [-0.15, -0.1) is 11.3 Å². The zero-order chi connectivity index (χ0) is 18.5. The molecule has 1 aliphatic rings. The summed E-state index contributed by atoms with van der Waals surface area (Å²) in [6, 6.07) is 7.40. The van der Waals surface area contributed by atoms with Crippen molar-refractivity contribution in [3.05, 3.63) is 70.4 Å². The van der Waals surface area contributed by atoms with E-state index in [1.54, 1.807) is 18.3 Å². The summed E-state index contributed by atoms with van der Waals surface area (Å²) in [5.74, 6) is 5.84. The lowest BCUT2D eigenvalue weighted by Gasteiger charge is -2.20. The number of allylic oxidation sites excluding steroid dienone is 4. The first-order chi connectivity index (χ1) is 12.5. The van der Waals surface area contributed by atoms with E-state index in [0.29, 0.717) is 33.7 Å². The molecule has 134 valence electrons. The van der Waals surface area contributed by atoms with Crippen LogP contribution in [0.5, 0.6) is 0 Å². The summed E-state index contributed by atoms with van der Waals surface area (Å²) in [5, 5.41) is 8.00. The molecule has 0 saturated carbocycles. The summed E-state index contributed by atoms with van der Waals surface area (Å²) >= 11 is 12.7. The molecule has 0 bridgehead atoms. The summed E-state index contributed by atoms with van der Waals surface area (Å²) in [7, 11) is 0. The van der Waals surface area contributed by atoms with Gasteiger partial charge in [0.05, 0.1) is 17.8 Å². The molecule has 8 heteroatoms. The number of aromatic nitrogens is 1. The van der Waals surface area contributed by atoms with Crippen LogP contribution in [0.2, 0.25) is 0 Å². The molecule has 0 fully saturated rings. The Hall–Kier alpha value is -2.06. The van der Waals surface area contributed by atoms with Crippen LogP contribution in [0.3, 0.4) is 0 Å². The maximum atomic E-state index is 12.8. The fourth-order valence-electron chi connectivity index (χ4n) is 2.50. The maximum Gasteiger partial charge on any atom is 0.188 e. The number of hydrogen-bond donors (Lipinski definition) is 2.